The lowest BCUT2D eigenvalue weighted by atomic mass is 11.0. The fourth-order valence-corrected chi connectivity index (χ4v) is 0.612. The van der Waals surface area contributed by atoms with Gasteiger partial charge < -0.3 is 0 Å². The molecule has 0 aromatic carbocycles. The molecule has 0 radical (unpaired) electrons. The van der Waals surface area contributed by atoms with Crippen molar-refractivity contribution in [3.05, 3.63) is 0 Å². The van der Waals surface area contributed by atoms with Gasteiger partial charge in [0.25, 0.3) is 0 Å². The van der Waals surface area contributed by atoms with Gasteiger partial charge in [-0.25, -0.2) is 0 Å². The molecule has 0 amide bonds. The Hall–Kier alpha value is 0.700. The summed E-state index contributed by atoms with van der Waals surface area (Å²) in [6.45, 7) is 4.35. The fourth-order valence-electron chi connectivity index (χ4n) is 0.204. The molecule has 0 bridgehead atoms. The minimum Gasteiger partial charge on any atom is -0.197 e. The minimum atomic E-state index is 0. The summed E-state index contributed by atoms with van der Waals surface area (Å²) in [4.78, 5) is 0. The van der Waals surface area contributed by atoms with Crippen LogP contribution in [0.4, 0.5) is 0 Å². The molecule has 0 saturated heterocycles. The summed E-state index contributed by atoms with van der Waals surface area (Å²) in [6.07, 6.45) is 0. The Bertz CT molecular complexity index is 13.0. The van der Waals surface area contributed by atoms with Crippen molar-refractivity contribution in [3.63, 3.8) is 0 Å². The van der Waals surface area contributed by atoms with Crippen LogP contribution in [0.2, 0.25) is 0 Å². The molecule has 0 aliphatic heterocycles. The lowest BCUT2D eigenvalue weighted by Gasteiger charge is -1.80. The number of rotatable bonds is 2. The van der Waals surface area contributed by atoms with E-state index in [4.69, 9.17) is 0 Å². The summed E-state index contributed by atoms with van der Waals surface area (Å²) in [5.41, 5.74) is 0. The third-order valence-corrected chi connectivity index (χ3v) is 1.22. The van der Waals surface area contributed by atoms with Crippen molar-refractivity contribution >= 4 is 25.3 Å². The van der Waals surface area contributed by atoms with Crippen molar-refractivity contribution in [3.8, 4) is 0 Å². The third-order valence-electron chi connectivity index (χ3n) is 0.408. The van der Waals surface area contributed by atoms with E-state index in [1.54, 1.807) is 0 Å². The van der Waals surface area contributed by atoms with Crippen molar-refractivity contribution in [2.45, 2.75) is 13.8 Å². The highest BCUT2D eigenvalue weighted by molar-refractivity contribution is 7.99. The van der Waals surface area contributed by atoms with E-state index in [0.717, 1.165) is 0 Å². The van der Waals surface area contributed by atoms with Gasteiger partial charge in [-0.3, -0.25) is 0 Å². The molecule has 6 heavy (non-hydrogen) atoms. The van der Waals surface area contributed by atoms with Crippen LogP contribution in [0.1, 0.15) is 13.8 Å². The minimum absolute atomic E-state index is 0. The first kappa shape index (κ1) is 9.85. The van der Waals surface area contributed by atoms with Gasteiger partial charge in [-0.05, 0) is 11.5 Å². The Morgan fingerprint density at radius 2 is 1.50 bits per heavy atom. The summed E-state index contributed by atoms with van der Waals surface area (Å²) in [7, 11) is 0. The number of hydrogen-bond acceptors (Lipinski definition) is 1. The van der Waals surface area contributed by atoms with E-state index in [1.165, 1.54) is 11.5 Å². The van der Waals surface area contributed by atoms with E-state index in [9.17, 15) is 0 Å². The van der Waals surface area contributed by atoms with Crippen LogP contribution in [0, 0.1) is 0 Å². The van der Waals surface area contributed by atoms with Gasteiger partial charge in [-0.2, -0.15) is 25.3 Å². The lowest BCUT2D eigenvalue weighted by Crippen LogP contribution is -1.64. The van der Waals surface area contributed by atoms with Gasteiger partial charge in [0.05, 0.1) is 0 Å². The molecule has 0 aliphatic carbocycles. The van der Waals surface area contributed by atoms with E-state index in [2.05, 4.69) is 13.8 Å². The molecule has 0 rings (SSSR count). The van der Waals surface area contributed by atoms with Crippen LogP contribution in [0.3, 0.4) is 0 Å². The van der Waals surface area contributed by atoms with Gasteiger partial charge in [0.2, 0.25) is 0 Å². The van der Waals surface area contributed by atoms with Crippen LogP contribution >= 0.6 is 25.3 Å². The van der Waals surface area contributed by atoms with Crippen molar-refractivity contribution in [2.75, 3.05) is 11.5 Å². The van der Waals surface area contributed by atoms with Gasteiger partial charge in [-0.15, -0.1) is 0 Å². The second kappa shape index (κ2) is 9.20. The number of hydrogen-bond donors (Lipinski definition) is 0. The van der Waals surface area contributed by atoms with E-state index in [0.29, 0.717) is 0 Å². The molecule has 2 heteroatoms. The Labute approximate surface area is 51.2 Å². The van der Waals surface area contributed by atoms with Crippen LogP contribution in [-0.2, 0) is 0 Å². The summed E-state index contributed by atoms with van der Waals surface area (Å²) < 4.78 is 0. The quantitative estimate of drug-likeness (QED) is 0.541. The molecule has 0 N–H and O–H groups in total. The van der Waals surface area contributed by atoms with Crippen molar-refractivity contribution in [1.82, 2.24) is 0 Å². The zero-order valence-corrected chi connectivity index (χ0v) is 6.14. The molecule has 0 aromatic heterocycles. The second-order valence-corrected chi connectivity index (χ2v) is 2.34. The highest BCUT2D eigenvalue weighted by Gasteiger charge is 1.67. The molecule has 0 atom stereocenters. The van der Waals surface area contributed by atoms with Crippen LogP contribution in [0.5, 0.6) is 0 Å². The summed E-state index contributed by atoms with van der Waals surface area (Å²) >= 11 is 1.96. The molecule has 0 aromatic rings. The van der Waals surface area contributed by atoms with Crippen LogP contribution in [0.15, 0.2) is 0 Å². The Balaban J connectivity index is 0. The predicted molar refractivity (Wildman–Crippen MR) is 39.1 cm³/mol. The first-order chi connectivity index (χ1) is 2.41. The molecule has 0 unspecified atom stereocenters. The van der Waals surface area contributed by atoms with Crippen LogP contribution < -0.4 is 0 Å². The van der Waals surface area contributed by atoms with E-state index in [-0.39, 0.29) is 13.5 Å². The van der Waals surface area contributed by atoms with E-state index in [1.807, 2.05) is 11.8 Å². The van der Waals surface area contributed by atoms with Crippen LogP contribution in [0.25, 0.3) is 0 Å². The maximum atomic E-state index is 2.17. The molecule has 0 spiro atoms. The summed E-state index contributed by atoms with van der Waals surface area (Å²) in [6, 6.07) is 0. The summed E-state index contributed by atoms with van der Waals surface area (Å²) in [5, 5.41) is 0. The molecule has 40 valence electrons. The average Bonchev–Trinajstić information content (AvgIpc) is 1.41. The zero-order chi connectivity index (χ0) is 4.12. The SMILES string of the molecule is CCSCC.S. The standard InChI is InChI=1S/C4H10S.H2S/c1-3-5-4-2;/h3-4H2,1-2H3;1H2. The third kappa shape index (κ3) is 8.83. The molecule has 0 saturated carbocycles. The summed E-state index contributed by atoms with van der Waals surface area (Å²) in [5.74, 6) is 2.52. The smallest absolute Gasteiger partial charge is 0.00961 e. The molecule has 0 fully saturated rings. The van der Waals surface area contributed by atoms with E-state index >= 15 is 0 Å². The highest BCUT2D eigenvalue weighted by atomic mass is 32.2. The largest absolute Gasteiger partial charge is 0.197 e. The molecule has 0 heterocycles. The number of thioether (sulfide) groups is 1. The Kier molecular flexibility index (Phi) is 15.1. The second-order valence-electron chi connectivity index (χ2n) is 0.781. The Morgan fingerprint density at radius 3 is 1.50 bits per heavy atom. The zero-order valence-electron chi connectivity index (χ0n) is 4.32. The topological polar surface area (TPSA) is 0 Å². The highest BCUT2D eigenvalue weighted by Crippen LogP contribution is 1.93. The molecule has 0 nitrogen and oxygen atoms in total. The predicted octanol–water partition coefficient (Wildman–Crippen LogP) is 1.87. The molecule has 0 aliphatic rings. The van der Waals surface area contributed by atoms with Crippen molar-refractivity contribution < 1.29 is 0 Å². The first-order valence-corrected chi connectivity index (χ1v) is 3.15. The molecular formula is C4H12S2. The van der Waals surface area contributed by atoms with Gasteiger partial charge >= 0.3 is 0 Å². The van der Waals surface area contributed by atoms with Gasteiger partial charge in [0.1, 0.15) is 0 Å². The van der Waals surface area contributed by atoms with Gasteiger partial charge in [-0.1, -0.05) is 13.8 Å². The average molecular weight is 124 g/mol. The fraction of sp³-hybridized carbons (Fsp3) is 1.00. The van der Waals surface area contributed by atoms with Gasteiger partial charge in [0.15, 0.2) is 0 Å². The van der Waals surface area contributed by atoms with Crippen molar-refractivity contribution in [1.29, 1.82) is 0 Å². The Morgan fingerprint density at radius 1 is 1.17 bits per heavy atom. The van der Waals surface area contributed by atoms with Crippen molar-refractivity contribution in [2.24, 2.45) is 0 Å². The maximum absolute atomic E-state index is 2.17. The normalized spacial score (nSPS) is 7.00. The molecular weight excluding hydrogens is 112 g/mol. The lowest BCUT2D eigenvalue weighted by molar-refractivity contribution is 1.46. The van der Waals surface area contributed by atoms with Crippen LogP contribution in [-0.4, -0.2) is 11.5 Å². The monoisotopic (exact) mass is 124 g/mol. The van der Waals surface area contributed by atoms with Gasteiger partial charge in [0, 0.05) is 0 Å². The van der Waals surface area contributed by atoms with E-state index < -0.39 is 0 Å². The first-order valence-electron chi connectivity index (χ1n) is 1.99. The maximum Gasteiger partial charge on any atom is -0.00961 e.